The van der Waals surface area contributed by atoms with Gasteiger partial charge in [0.15, 0.2) is 0 Å². The van der Waals surface area contributed by atoms with E-state index in [-0.39, 0.29) is 0 Å². The van der Waals surface area contributed by atoms with Gasteiger partial charge in [0.05, 0.1) is 4.47 Å². The predicted octanol–water partition coefficient (Wildman–Crippen LogP) is 3.73. The number of nitrogens with zero attached hydrogens (tertiary/aromatic N) is 1. The molecule has 2 aromatic rings. The molecule has 0 atom stereocenters. The van der Waals surface area contributed by atoms with Gasteiger partial charge in [-0.15, -0.1) is 0 Å². The molecule has 0 radical (unpaired) electrons. The standard InChI is InChI=1S/C13H12BrNO/c1-10-7-8-12(14)13(15-10)16-9-11-5-3-2-4-6-11/h2-8H,9H2,1H3. The highest BCUT2D eigenvalue weighted by Gasteiger charge is 2.03. The van der Waals surface area contributed by atoms with E-state index in [1.807, 2.05) is 49.4 Å². The topological polar surface area (TPSA) is 22.1 Å². The molecule has 1 heterocycles. The van der Waals surface area contributed by atoms with Crippen LogP contribution in [0.2, 0.25) is 0 Å². The molecule has 0 spiro atoms. The third-order valence-corrected chi connectivity index (χ3v) is 2.77. The summed E-state index contributed by atoms with van der Waals surface area (Å²) in [5.41, 5.74) is 2.09. The van der Waals surface area contributed by atoms with Crippen LogP contribution in [0.15, 0.2) is 46.9 Å². The summed E-state index contributed by atoms with van der Waals surface area (Å²) < 4.78 is 6.53. The van der Waals surface area contributed by atoms with Crippen LogP contribution in [0.1, 0.15) is 11.3 Å². The van der Waals surface area contributed by atoms with E-state index in [4.69, 9.17) is 4.74 Å². The van der Waals surface area contributed by atoms with Crippen molar-refractivity contribution in [3.8, 4) is 5.88 Å². The lowest BCUT2D eigenvalue weighted by molar-refractivity contribution is 0.291. The van der Waals surface area contributed by atoms with E-state index in [0.717, 1.165) is 15.7 Å². The number of hydrogen-bond donors (Lipinski definition) is 0. The zero-order valence-electron chi connectivity index (χ0n) is 8.98. The summed E-state index contributed by atoms with van der Waals surface area (Å²) >= 11 is 3.42. The van der Waals surface area contributed by atoms with Gasteiger partial charge < -0.3 is 4.74 Å². The first-order chi connectivity index (χ1) is 7.75. The Bertz CT molecular complexity index is 471. The molecule has 2 nitrogen and oxygen atoms in total. The van der Waals surface area contributed by atoms with E-state index < -0.39 is 0 Å². The summed E-state index contributed by atoms with van der Waals surface area (Å²) in [6.07, 6.45) is 0. The van der Waals surface area contributed by atoms with Gasteiger partial charge in [0, 0.05) is 5.69 Å². The van der Waals surface area contributed by atoms with E-state index in [1.54, 1.807) is 0 Å². The van der Waals surface area contributed by atoms with E-state index in [9.17, 15) is 0 Å². The number of pyridine rings is 1. The third-order valence-electron chi connectivity index (χ3n) is 2.17. The van der Waals surface area contributed by atoms with Gasteiger partial charge in [-0.3, -0.25) is 0 Å². The molecule has 16 heavy (non-hydrogen) atoms. The van der Waals surface area contributed by atoms with E-state index in [0.29, 0.717) is 12.5 Å². The highest BCUT2D eigenvalue weighted by atomic mass is 79.9. The molecule has 3 heteroatoms. The largest absolute Gasteiger partial charge is 0.472 e. The first kappa shape index (κ1) is 11.1. The van der Waals surface area contributed by atoms with Crippen molar-refractivity contribution in [2.75, 3.05) is 0 Å². The van der Waals surface area contributed by atoms with Gasteiger partial charge in [-0.05, 0) is 40.5 Å². The lowest BCUT2D eigenvalue weighted by Gasteiger charge is -2.07. The van der Waals surface area contributed by atoms with Crippen molar-refractivity contribution in [1.82, 2.24) is 4.98 Å². The summed E-state index contributed by atoms with van der Waals surface area (Å²) in [5, 5.41) is 0. The van der Waals surface area contributed by atoms with Crippen LogP contribution < -0.4 is 4.74 Å². The van der Waals surface area contributed by atoms with Crippen LogP contribution in [0.5, 0.6) is 5.88 Å². The fourth-order valence-electron chi connectivity index (χ4n) is 1.34. The van der Waals surface area contributed by atoms with Crippen LogP contribution in [0.4, 0.5) is 0 Å². The molecule has 82 valence electrons. The fourth-order valence-corrected chi connectivity index (χ4v) is 1.68. The Morgan fingerprint density at radius 3 is 2.62 bits per heavy atom. The van der Waals surface area contributed by atoms with Crippen molar-refractivity contribution < 1.29 is 4.74 Å². The monoisotopic (exact) mass is 277 g/mol. The first-order valence-electron chi connectivity index (χ1n) is 5.05. The minimum absolute atomic E-state index is 0.538. The zero-order valence-corrected chi connectivity index (χ0v) is 10.6. The van der Waals surface area contributed by atoms with Gasteiger partial charge in [0.1, 0.15) is 6.61 Å². The van der Waals surface area contributed by atoms with Gasteiger partial charge in [-0.1, -0.05) is 30.3 Å². The molecule has 0 amide bonds. The number of rotatable bonds is 3. The third kappa shape index (κ3) is 2.83. The Balaban J connectivity index is 2.08. The molecular weight excluding hydrogens is 266 g/mol. The van der Waals surface area contributed by atoms with Gasteiger partial charge in [-0.25, -0.2) is 4.98 Å². The van der Waals surface area contributed by atoms with Crippen LogP contribution in [0.25, 0.3) is 0 Å². The van der Waals surface area contributed by atoms with Crippen molar-refractivity contribution in [2.45, 2.75) is 13.5 Å². The number of halogens is 1. The normalized spacial score (nSPS) is 10.1. The summed E-state index contributed by atoms with van der Waals surface area (Å²) in [4.78, 5) is 4.32. The lowest BCUT2D eigenvalue weighted by atomic mass is 10.2. The van der Waals surface area contributed by atoms with Crippen molar-refractivity contribution in [3.63, 3.8) is 0 Å². The molecule has 2 rings (SSSR count). The second-order valence-electron chi connectivity index (χ2n) is 3.51. The molecule has 0 saturated carbocycles. The highest BCUT2D eigenvalue weighted by Crippen LogP contribution is 2.23. The molecule has 0 aliphatic heterocycles. The van der Waals surface area contributed by atoms with E-state index in [2.05, 4.69) is 20.9 Å². The SMILES string of the molecule is Cc1ccc(Br)c(OCc2ccccc2)n1. The Morgan fingerprint density at radius 1 is 1.12 bits per heavy atom. The Kier molecular flexibility index (Phi) is 3.57. The van der Waals surface area contributed by atoms with Crippen LogP contribution in [0.3, 0.4) is 0 Å². The minimum atomic E-state index is 0.538. The van der Waals surface area contributed by atoms with Crippen molar-refractivity contribution in [2.24, 2.45) is 0 Å². The van der Waals surface area contributed by atoms with E-state index in [1.165, 1.54) is 0 Å². The molecule has 1 aromatic carbocycles. The smallest absolute Gasteiger partial charge is 0.228 e. The Hall–Kier alpha value is -1.35. The second-order valence-corrected chi connectivity index (χ2v) is 4.37. The maximum Gasteiger partial charge on any atom is 0.228 e. The maximum atomic E-state index is 5.65. The van der Waals surface area contributed by atoms with Crippen molar-refractivity contribution in [3.05, 3.63) is 58.2 Å². The average Bonchev–Trinajstić information content (AvgIpc) is 2.32. The Morgan fingerprint density at radius 2 is 1.88 bits per heavy atom. The fraction of sp³-hybridized carbons (Fsp3) is 0.154. The summed E-state index contributed by atoms with van der Waals surface area (Å²) in [6.45, 7) is 2.48. The molecule has 0 N–H and O–H groups in total. The summed E-state index contributed by atoms with van der Waals surface area (Å²) in [5.74, 6) is 0.642. The zero-order chi connectivity index (χ0) is 11.4. The molecule has 0 aliphatic rings. The van der Waals surface area contributed by atoms with Crippen molar-refractivity contribution >= 4 is 15.9 Å². The number of aromatic nitrogens is 1. The molecule has 0 bridgehead atoms. The van der Waals surface area contributed by atoms with Crippen LogP contribution >= 0.6 is 15.9 Å². The van der Waals surface area contributed by atoms with Gasteiger partial charge in [0.25, 0.3) is 0 Å². The first-order valence-corrected chi connectivity index (χ1v) is 5.85. The molecule has 0 saturated heterocycles. The molecule has 0 unspecified atom stereocenters. The van der Waals surface area contributed by atoms with Gasteiger partial charge >= 0.3 is 0 Å². The van der Waals surface area contributed by atoms with Gasteiger partial charge in [0.2, 0.25) is 5.88 Å². The molecular formula is C13H12BrNO. The molecule has 0 aliphatic carbocycles. The van der Waals surface area contributed by atoms with Gasteiger partial charge in [-0.2, -0.15) is 0 Å². The quantitative estimate of drug-likeness (QED) is 0.853. The van der Waals surface area contributed by atoms with Crippen LogP contribution in [0, 0.1) is 6.92 Å². The minimum Gasteiger partial charge on any atom is -0.472 e. The van der Waals surface area contributed by atoms with Crippen molar-refractivity contribution in [1.29, 1.82) is 0 Å². The highest BCUT2D eigenvalue weighted by molar-refractivity contribution is 9.10. The molecule has 0 fully saturated rings. The van der Waals surface area contributed by atoms with E-state index >= 15 is 0 Å². The second kappa shape index (κ2) is 5.12. The number of aryl methyl sites for hydroxylation is 1. The summed E-state index contributed by atoms with van der Waals surface area (Å²) in [7, 11) is 0. The Labute approximate surface area is 103 Å². The molecule has 1 aromatic heterocycles. The number of ether oxygens (including phenoxy) is 1. The van der Waals surface area contributed by atoms with Crippen LogP contribution in [-0.2, 0) is 6.61 Å². The lowest BCUT2D eigenvalue weighted by Crippen LogP contribution is -1.98. The predicted molar refractivity (Wildman–Crippen MR) is 67.4 cm³/mol. The maximum absolute atomic E-state index is 5.65. The number of benzene rings is 1. The number of hydrogen-bond acceptors (Lipinski definition) is 2. The summed E-state index contributed by atoms with van der Waals surface area (Å²) in [6, 6.07) is 13.9. The average molecular weight is 278 g/mol. The van der Waals surface area contributed by atoms with Crippen LogP contribution in [-0.4, -0.2) is 4.98 Å².